The van der Waals surface area contributed by atoms with E-state index in [2.05, 4.69) is 41.0 Å². The Labute approximate surface area is 103 Å². The summed E-state index contributed by atoms with van der Waals surface area (Å²) in [5.74, 6) is 0. The summed E-state index contributed by atoms with van der Waals surface area (Å²) in [6, 6.07) is 9.99. The maximum absolute atomic E-state index is 5.81. The van der Waals surface area contributed by atoms with Crippen molar-refractivity contribution >= 4 is 11.4 Å². The molecule has 92 valence electrons. The highest BCUT2D eigenvalue weighted by atomic mass is 15.3. The minimum absolute atomic E-state index is 0.428. The van der Waals surface area contributed by atoms with Crippen molar-refractivity contribution < 1.29 is 0 Å². The van der Waals surface area contributed by atoms with Crippen LogP contribution in [0.2, 0.25) is 0 Å². The van der Waals surface area contributed by atoms with Crippen LogP contribution in [-0.2, 0) is 0 Å². The normalized spacial score (nSPS) is 21.3. The van der Waals surface area contributed by atoms with Crippen LogP contribution in [0.1, 0.15) is 19.8 Å². The molecule has 1 saturated carbocycles. The third kappa shape index (κ3) is 1.89. The second-order valence-corrected chi connectivity index (χ2v) is 5.19. The lowest BCUT2D eigenvalue weighted by Gasteiger charge is -2.41. The van der Waals surface area contributed by atoms with Gasteiger partial charge in [-0.15, -0.1) is 0 Å². The molecule has 0 aromatic heterocycles. The zero-order valence-corrected chi connectivity index (χ0v) is 10.5. The Morgan fingerprint density at radius 1 is 1.24 bits per heavy atom. The number of nitrogens with zero attached hydrogens (tertiary/aromatic N) is 2. The van der Waals surface area contributed by atoms with Gasteiger partial charge in [-0.3, -0.25) is 0 Å². The van der Waals surface area contributed by atoms with Crippen LogP contribution < -0.4 is 15.5 Å². The van der Waals surface area contributed by atoms with Crippen molar-refractivity contribution in [1.82, 2.24) is 0 Å². The Morgan fingerprint density at radius 2 is 1.94 bits per heavy atom. The number of para-hydroxylation sites is 2. The average molecular weight is 231 g/mol. The second kappa shape index (κ2) is 4.22. The lowest BCUT2D eigenvalue weighted by Crippen LogP contribution is -2.48. The van der Waals surface area contributed by atoms with Crippen molar-refractivity contribution in [3.05, 3.63) is 24.3 Å². The van der Waals surface area contributed by atoms with E-state index in [1.165, 1.54) is 24.2 Å². The van der Waals surface area contributed by atoms with Gasteiger partial charge in [-0.2, -0.15) is 0 Å². The molecule has 3 nitrogen and oxygen atoms in total. The van der Waals surface area contributed by atoms with Crippen LogP contribution in [0.25, 0.3) is 0 Å². The lowest BCUT2D eigenvalue weighted by molar-refractivity contribution is 0.608. The lowest BCUT2D eigenvalue weighted by atomic mass is 10.1. The zero-order chi connectivity index (χ0) is 11.8. The van der Waals surface area contributed by atoms with Crippen molar-refractivity contribution in [2.75, 3.05) is 29.4 Å². The van der Waals surface area contributed by atoms with E-state index >= 15 is 0 Å². The third-order valence-electron chi connectivity index (χ3n) is 3.94. The number of hydrogen-bond acceptors (Lipinski definition) is 3. The summed E-state index contributed by atoms with van der Waals surface area (Å²) in [7, 11) is 0. The van der Waals surface area contributed by atoms with Gasteiger partial charge in [0, 0.05) is 31.7 Å². The third-order valence-corrected chi connectivity index (χ3v) is 3.94. The van der Waals surface area contributed by atoms with Gasteiger partial charge in [0.1, 0.15) is 0 Å². The highest BCUT2D eigenvalue weighted by molar-refractivity contribution is 5.74. The van der Waals surface area contributed by atoms with E-state index in [1.54, 1.807) is 0 Å². The number of rotatable bonds is 3. The highest BCUT2D eigenvalue weighted by Gasteiger charge is 2.34. The van der Waals surface area contributed by atoms with Gasteiger partial charge >= 0.3 is 0 Å². The number of benzene rings is 1. The standard InChI is InChI=1S/C14H21N3/c1-11(10-15)16-8-9-17(12-6-7-12)14-5-3-2-4-13(14)16/h2-5,11-12H,6-10,15H2,1H3. The van der Waals surface area contributed by atoms with Gasteiger partial charge in [-0.1, -0.05) is 12.1 Å². The van der Waals surface area contributed by atoms with E-state index in [4.69, 9.17) is 5.73 Å². The first kappa shape index (κ1) is 10.9. The summed E-state index contributed by atoms with van der Waals surface area (Å²) in [6.07, 6.45) is 2.72. The Kier molecular flexibility index (Phi) is 2.71. The van der Waals surface area contributed by atoms with E-state index in [9.17, 15) is 0 Å². The zero-order valence-electron chi connectivity index (χ0n) is 10.5. The predicted molar refractivity (Wildman–Crippen MR) is 72.7 cm³/mol. The smallest absolute Gasteiger partial charge is 0.0607 e. The Hall–Kier alpha value is -1.22. The largest absolute Gasteiger partial charge is 0.365 e. The molecule has 1 aromatic rings. The molecule has 0 radical (unpaired) electrons. The summed E-state index contributed by atoms with van der Waals surface area (Å²) in [4.78, 5) is 5.03. The molecule has 1 aliphatic carbocycles. The van der Waals surface area contributed by atoms with Crippen LogP contribution in [0.3, 0.4) is 0 Å². The van der Waals surface area contributed by atoms with Crippen molar-refractivity contribution in [2.45, 2.75) is 31.8 Å². The Bertz CT molecular complexity index is 400. The monoisotopic (exact) mass is 231 g/mol. The molecule has 0 spiro atoms. The molecular formula is C14H21N3. The quantitative estimate of drug-likeness (QED) is 0.861. The van der Waals surface area contributed by atoms with Gasteiger partial charge in [0.25, 0.3) is 0 Å². The van der Waals surface area contributed by atoms with Gasteiger partial charge < -0.3 is 15.5 Å². The van der Waals surface area contributed by atoms with Crippen molar-refractivity contribution in [3.63, 3.8) is 0 Å². The molecule has 17 heavy (non-hydrogen) atoms. The first-order valence-corrected chi connectivity index (χ1v) is 6.63. The number of nitrogens with two attached hydrogens (primary N) is 1. The van der Waals surface area contributed by atoms with Crippen LogP contribution in [0.5, 0.6) is 0 Å². The molecule has 1 aliphatic heterocycles. The fourth-order valence-corrected chi connectivity index (χ4v) is 2.76. The van der Waals surface area contributed by atoms with Crippen molar-refractivity contribution in [1.29, 1.82) is 0 Å². The summed E-state index contributed by atoms with van der Waals surface area (Å²) in [5, 5.41) is 0. The van der Waals surface area contributed by atoms with Crippen LogP contribution >= 0.6 is 0 Å². The minimum atomic E-state index is 0.428. The van der Waals surface area contributed by atoms with E-state index in [1.807, 2.05) is 0 Å². The van der Waals surface area contributed by atoms with Crippen molar-refractivity contribution in [3.8, 4) is 0 Å². The molecule has 3 rings (SSSR count). The van der Waals surface area contributed by atoms with Gasteiger partial charge in [-0.05, 0) is 31.9 Å². The second-order valence-electron chi connectivity index (χ2n) is 5.19. The first-order chi connectivity index (χ1) is 8.31. The van der Waals surface area contributed by atoms with Crippen LogP contribution in [0.15, 0.2) is 24.3 Å². The molecular weight excluding hydrogens is 210 g/mol. The summed E-state index contributed by atoms with van der Waals surface area (Å²) in [5.41, 5.74) is 8.58. The van der Waals surface area contributed by atoms with Gasteiger partial charge in [0.05, 0.1) is 11.4 Å². The SMILES string of the molecule is CC(CN)N1CCN(C2CC2)c2ccccc21. The Balaban J connectivity index is 1.94. The summed E-state index contributed by atoms with van der Waals surface area (Å²) in [6.45, 7) is 5.18. The van der Waals surface area contributed by atoms with Crippen molar-refractivity contribution in [2.24, 2.45) is 5.73 Å². The van der Waals surface area contributed by atoms with E-state index in [0.717, 1.165) is 25.7 Å². The van der Waals surface area contributed by atoms with Gasteiger partial charge in [-0.25, -0.2) is 0 Å². The fraction of sp³-hybridized carbons (Fsp3) is 0.571. The number of anilines is 2. The molecule has 1 aromatic carbocycles. The molecule has 2 aliphatic rings. The molecule has 0 amide bonds. The average Bonchev–Trinajstić information content (AvgIpc) is 3.21. The van der Waals surface area contributed by atoms with Gasteiger partial charge in [0.15, 0.2) is 0 Å². The maximum Gasteiger partial charge on any atom is 0.0607 e. The molecule has 0 bridgehead atoms. The highest BCUT2D eigenvalue weighted by Crippen LogP contribution is 2.40. The maximum atomic E-state index is 5.81. The van der Waals surface area contributed by atoms with Crippen LogP contribution in [0, 0.1) is 0 Å². The first-order valence-electron chi connectivity index (χ1n) is 6.63. The van der Waals surface area contributed by atoms with Crippen LogP contribution in [0.4, 0.5) is 11.4 Å². The summed E-state index contributed by atoms with van der Waals surface area (Å²) >= 11 is 0. The van der Waals surface area contributed by atoms with E-state index in [0.29, 0.717) is 6.04 Å². The molecule has 3 heteroatoms. The summed E-state index contributed by atoms with van der Waals surface area (Å²) < 4.78 is 0. The molecule has 1 heterocycles. The molecule has 2 N–H and O–H groups in total. The topological polar surface area (TPSA) is 32.5 Å². The Morgan fingerprint density at radius 3 is 2.59 bits per heavy atom. The van der Waals surface area contributed by atoms with E-state index in [-0.39, 0.29) is 0 Å². The molecule has 0 saturated heterocycles. The van der Waals surface area contributed by atoms with E-state index < -0.39 is 0 Å². The van der Waals surface area contributed by atoms with Crippen LogP contribution in [-0.4, -0.2) is 31.7 Å². The predicted octanol–water partition coefficient (Wildman–Crippen LogP) is 1.82. The molecule has 1 unspecified atom stereocenters. The molecule has 1 atom stereocenters. The number of hydrogen-bond donors (Lipinski definition) is 1. The van der Waals surface area contributed by atoms with Gasteiger partial charge in [0.2, 0.25) is 0 Å². The molecule has 1 fully saturated rings. The number of fused-ring (bicyclic) bond motifs is 1. The fourth-order valence-electron chi connectivity index (χ4n) is 2.76. The minimum Gasteiger partial charge on any atom is -0.365 e.